The average Bonchev–Trinajstić information content (AvgIpc) is 3.51. The summed E-state index contributed by atoms with van der Waals surface area (Å²) in [4.78, 5) is 26.5. The van der Waals surface area contributed by atoms with Crippen molar-refractivity contribution in [1.29, 1.82) is 0 Å². The largest absolute Gasteiger partial charge is 0.416 e. The summed E-state index contributed by atoms with van der Waals surface area (Å²) in [6, 6.07) is 18.0. The van der Waals surface area contributed by atoms with E-state index in [1.54, 1.807) is 60.7 Å². The third-order valence-electron chi connectivity index (χ3n) is 6.23. The first-order valence-electron chi connectivity index (χ1n) is 11.9. The van der Waals surface area contributed by atoms with Crippen molar-refractivity contribution >= 4 is 17.5 Å². The minimum Gasteiger partial charge on any atom is -0.275 e. The van der Waals surface area contributed by atoms with Crippen molar-refractivity contribution in [2.45, 2.75) is 25.3 Å². The quantitative estimate of drug-likeness (QED) is 0.228. The lowest BCUT2D eigenvalue weighted by Gasteiger charge is -2.27. The number of hydrogen-bond donors (Lipinski definition) is 0. The highest BCUT2D eigenvalue weighted by Gasteiger charge is 2.39. The first-order chi connectivity index (χ1) is 18.9. The van der Waals surface area contributed by atoms with Gasteiger partial charge in [0.25, 0.3) is 5.91 Å². The molecule has 5 rings (SSSR count). The topological polar surface area (TPSA) is 71.3 Å². The first kappa shape index (κ1) is 26.9. The SMILES string of the molecule is O=C1CCN(c2ccccc2)N1C(=O)c1nnn(Cc2cc(C(F)(F)F)cc(C(F)(F)F)c2)c1-c1ccccc1. The van der Waals surface area contributed by atoms with Crippen molar-refractivity contribution in [3.8, 4) is 11.3 Å². The maximum absolute atomic E-state index is 13.7. The second kappa shape index (κ2) is 10.1. The van der Waals surface area contributed by atoms with Gasteiger partial charge in [0.1, 0.15) is 5.69 Å². The van der Waals surface area contributed by atoms with Crippen molar-refractivity contribution in [1.82, 2.24) is 20.0 Å². The zero-order valence-corrected chi connectivity index (χ0v) is 20.4. The van der Waals surface area contributed by atoms with Crippen LogP contribution in [0.4, 0.5) is 32.0 Å². The van der Waals surface area contributed by atoms with Gasteiger partial charge in [-0.2, -0.15) is 31.4 Å². The Hall–Kier alpha value is -4.68. The van der Waals surface area contributed by atoms with E-state index in [-0.39, 0.29) is 36.0 Å². The molecule has 0 saturated carbocycles. The van der Waals surface area contributed by atoms with Crippen LogP contribution in [-0.4, -0.2) is 38.4 Å². The van der Waals surface area contributed by atoms with Crippen LogP contribution in [0.3, 0.4) is 0 Å². The second-order valence-electron chi connectivity index (χ2n) is 8.94. The van der Waals surface area contributed by atoms with Crippen molar-refractivity contribution in [2.24, 2.45) is 0 Å². The highest BCUT2D eigenvalue weighted by Crippen LogP contribution is 2.37. The molecule has 206 valence electrons. The Morgan fingerprint density at radius 2 is 1.40 bits per heavy atom. The molecule has 0 bridgehead atoms. The lowest BCUT2D eigenvalue weighted by molar-refractivity contribution is -0.143. The van der Waals surface area contributed by atoms with Crippen LogP contribution in [0.5, 0.6) is 0 Å². The van der Waals surface area contributed by atoms with Gasteiger partial charge in [-0.15, -0.1) is 5.10 Å². The van der Waals surface area contributed by atoms with Crippen molar-refractivity contribution in [3.05, 3.63) is 101 Å². The molecule has 4 aromatic rings. The standard InChI is InChI=1S/C27H19F6N5O2/c28-26(29,30)19-13-17(14-20(15-19)27(31,32)33)16-36-24(18-7-3-1-4-8-18)23(34-35-36)25(40)38-22(39)11-12-37(38)21-9-5-2-6-10-21/h1-10,13-15H,11-12,16H2. The van der Waals surface area contributed by atoms with Gasteiger partial charge in [-0.1, -0.05) is 53.7 Å². The van der Waals surface area contributed by atoms with Gasteiger partial charge in [0.2, 0.25) is 0 Å². The maximum Gasteiger partial charge on any atom is 0.416 e. The number of imide groups is 1. The van der Waals surface area contributed by atoms with Crippen LogP contribution in [0.1, 0.15) is 33.6 Å². The molecule has 0 radical (unpaired) electrons. The molecule has 7 nitrogen and oxygen atoms in total. The lowest BCUT2D eigenvalue weighted by Crippen LogP contribution is -2.44. The van der Waals surface area contributed by atoms with Gasteiger partial charge in [-0.25, -0.2) is 4.68 Å². The Labute approximate surface area is 223 Å². The van der Waals surface area contributed by atoms with E-state index >= 15 is 0 Å². The van der Waals surface area contributed by atoms with Gasteiger partial charge in [-0.05, 0) is 35.9 Å². The van der Waals surface area contributed by atoms with E-state index in [4.69, 9.17) is 0 Å². The summed E-state index contributed by atoms with van der Waals surface area (Å²) < 4.78 is 81.6. The van der Waals surface area contributed by atoms with Gasteiger partial charge in [-0.3, -0.25) is 14.6 Å². The number of anilines is 1. The van der Waals surface area contributed by atoms with Gasteiger partial charge in [0.05, 0.1) is 23.4 Å². The van der Waals surface area contributed by atoms with E-state index in [0.29, 0.717) is 23.4 Å². The molecule has 40 heavy (non-hydrogen) atoms. The molecule has 1 aliphatic rings. The molecule has 3 aromatic carbocycles. The molecule has 0 spiro atoms. The summed E-state index contributed by atoms with van der Waals surface area (Å²) in [5, 5.41) is 10.2. The zero-order chi connectivity index (χ0) is 28.7. The number of carbonyl (C=O) groups is 2. The number of amides is 2. The van der Waals surface area contributed by atoms with Crippen molar-refractivity contribution < 1.29 is 35.9 Å². The number of alkyl halides is 6. The Kier molecular flexibility index (Phi) is 6.82. The Balaban J connectivity index is 1.59. The number of benzene rings is 3. The van der Waals surface area contributed by atoms with Crippen LogP contribution in [0.25, 0.3) is 11.3 Å². The fraction of sp³-hybridized carbons (Fsp3) is 0.185. The minimum absolute atomic E-state index is 0.0317. The van der Waals surface area contributed by atoms with E-state index in [2.05, 4.69) is 10.3 Å². The minimum atomic E-state index is -5.03. The van der Waals surface area contributed by atoms with Crippen LogP contribution < -0.4 is 5.01 Å². The van der Waals surface area contributed by atoms with E-state index in [0.717, 1.165) is 9.69 Å². The number of hydrogen-bond acceptors (Lipinski definition) is 5. The summed E-state index contributed by atoms with van der Waals surface area (Å²) >= 11 is 0. The van der Waals surface area contributed by atoms with Crippen LogP contribution in [0.15, 0.2) is 78.9 Å². The molecule has 13 heteroatoms. The van der Waals surface area contributed by atoms with E-state index in [9.17, 15) is 35.9 Å². The first-order valence-corrected chi connectivity index (χ1v) is 11.9. The van der Waals surface area contributed by atoms with Gasteiger partial charge in [0.15, 0.2) is 5.69 Å². The van der Waals surface area contributed by atoms with Gasteiger partial charge < -0.3 is 0 Å². The van der Waals surface area contributed by atoms with Gasteiger partial charge >= 0.3 is 18.3 Å². The maximum atomic E-state index is 13.7. The number of aromatic nitrogens is 3. The monoisotopic (exact) mass is 559 g/mol. The summed E-state index contributed by atoms with van der Waals surface area (Å²) in [7, 11) is 0. The lowest BCUT2D eigenvalue weighted by atomic mass is 10.0. The smallest absolute Gasteiger partial charge is 0.275 e. The van der Waals surface area contributed by atoms with Crippen molar-refractivity contribution in [3.63, 3.8) is 0 Å². The molecule has 1 aromatic heterocycles. The summed E-state index contributed by atoms with van der Waals surface area (Å²) in [6.45, 7) is -0.346. The predicted octanol–water partition coefficient (Wildman–Crippen LogP) is 5.83. The number of carbonyl (C=O) groups excluding carboxylic acids is 2. The molecule has 0 unspecified atom stereocenters. The van der Waals surface area contributed by atoms with Crippen LogP contribution in [0, 0.1) is 0 Å². The molecule has 0 N–H and O–H groups in total. The summed E-state index contributed by atoms with van der Waals surface area (Å²) in [6.07, 6.45) is -10.0. The average molecular weight is 559 g/mol. The predicted molar refractivity (Wildman–Crippen MR) is 131 cm³/mol. The molecule has 0 aliphatic carbocycles. The third-order valence-corrected chi connectivity index (χ3v) is 6.23. The second-order valence-corrected chi connectivity index (χ2v) is 8.94. The van der Waals surface area contributed by atoms with Crippen LogP contribution >= 0.6 is 0 Å². The molecule has 2 heterocycles. The van der Waals surface area contributed by atoms with Gasteiger partial charge in [0, 0.05) is 18.5 Å². The van der Waals surface area contributed by atoms with E-state index in [1.807, 2.05) is 0 Å². The third kappa shape index (κ3) is 5.26. The van der Waals surface area contributed by atoms with Crippen LogP contribution in [0.2, 0.25) is 0 Å². The fourth-order valence-corrected chi connectivity index (χ4v) is 4.44. The molecular formula is C27H19F6N5O2. The number of nitrogens with zero attached hydrogens (tertiary/aromatic N) is 5. The molecule has 1 aliphatic heterocycles. The Bertz CT molecular complexity index is 1520. The van der Waals surface area contributed by atoms with E-state index in [1.165, 1.54) is 5.01 Å². The Morgan fingerprint density at radius 3 is 1.98 bits per heavy atom. The molecule has 1 fully saturated rings. The van der Waals surface area contributed by atoms with E-state index < -0.39 is 41.8 Å². The number of para-hydroxylation sites is 1. The molecule has 1 saturated heterocycles. The molecule has 0 atom stereocenters. The molecule has 2 amide bonds. The van der Waals surface area contributed by atoms with Crippen LogP contribution in [-0.2, 0) is 23.7 Å². The normalized spacial score (nSPS) is 14.2. The summed E-state index contributed by atoms with van der Waals surface area (Å²) in [5.74, 6) is -1.34. The highest BCUT2D eigenvalue weighted by molar-refractivity contribution is 6.08. The number of hydrazine groups is 1. The Morgan fingerprint density at radius 1 is 0.825 bits per heavy atom. The summed E-state index contributed by atoms with van der Waals surface area (Å²) in [5.41, 5.74) is -2.62. The van der Waals surface area contributed by atoms with Crippen molar-refractivity contribution in [2.75, 3.05) is 11.6 Å². The zero-order valence-electron chi connectivity index (χ0n) is 20.4. The highest BCUT2D eigenvalue weighted by atomic mass is 19.4. The fourth-order valence-electron chi connectivity index (χ4n) is 4.44. The number of rotatable bonds is 5. The number of halogens is 6. The molecular weight excluding hydrogens is 540 g/mol.